The van der Waals surface area contributed by atoms with Crippen LogP contribution >= 0.6 is 0 Å². The molecule has 2 rings (SSSR count). The summed E-state index contributed by atoms with van der Waals surface area (Å²) >= 11 is 0. The molecule has 1 heterocycles. The molecule has 1 aromatic heterocycles. The van der Waals surface area contributed by atoms with E-state index in [0.29, 0.717) is 30.9 Å². The monoisotopic (exact) mass is 339 g/mol. The minimum atomic E-state index is -0.0472. The average Bonchev–Trinajstić information content (AvgIpc) is 2.64. The van der Waals surface area contributed by atoms with Crippen LogP contribution in [0.3, 0.4) is 0 Å². The number of rotatable bonds is 8. The maximum Gasteiger partial charge on any atom is 0.220 e. The first kappa shape index (κ1) is 18.3. The van der Waals surface area contributed by atoms with E-state index >= 15 is 0 Å². The molecule has 1 amide bonds. The van der Waals surface area contributed by atoms with Crippen LogP contribution in [0.5, 0.6) is 11.5 Å². The molecule has 2 aromatic rings. The number of carbonyl (C=O) groups excluding carboxylic acids is 1. The van der Waals surface area contributed by atoms with Crippen molar-refractivity contribution in [3.05, 3.63) is 47.5 Å². The lowest BCUT2D eigenvalue weighted by molar-refractivity contribution is -0.121. The molecular formula is C19H21N3O3. The van der Waals surface area contributed by atoms with Crippen LogP contribution in [0.15, 0.2) is 30.6 Å². The van der Waals surface area contributed by atoms with Gasteiger partial charge >= 0.3 is 0 Å². The maximum absolute atomic E-state index is 12.0. The highest BCUT2D eigenvalue weighted by molar-refractivity contribution is 5.76. The number of benzene rings is 1. The van der Waals surface area contributed by atoms with Crippen LogP contribution in [-0.4, -0.2) is 29.6 Å². The number of nitrogens with one attached hydrogen (secondary N) is 1. The Hall–Kier alpha value is -3.07. The van der Waals surface area contributed by atoms with E-state index in [-0.39, 0.29) is 12.5 Å². The second-order valence-corrected chi connectivity index (χ2v) is 5.40. The number of hydrogen-bond donors (Lipinski definition) is 1. The molecule has 0 atom stereocenters. The van der Waals surface area contributed by atoms with Crippen LogP contribution in [0.25, 0.3) is 0 Å². The summed E-state index contributed by atoms with van der Waals surface area (Å²) in [6, 6.07) is 5.54. The molecule has 0 fully saturated rings. The first-order valence-corrected chi connectivity index (χ1v) is 7.89. The van der Waals surface area contributed by atoms with E-state index in [0.717, 1.165) is 17.0 Å². The van der Waals surface area contributed by atoms with Gasteiger partial charge in [-0.15, -0.1) is 6.42 Å². The number of aromatic nitrogens is 2. The van der Waals surface area contributed by atoms with Crippen molar-refractivity contribution < 1.29 is 14.3 Å². The molecule has 0 saturated heterocycles. The lowest BCUT2D eigenvalue weighted by Gasteiger charge is -2.11. The molecule has 0 aliphatic rings. The van der Waals surface area contributed by atoms with Crippen LogP contribution < -0.4 is 14.8 Å². The minimum Gasteiger partial charge on any atom is -0.493 e. The molecule has 1 N–H and O–H groups in total. The Morgan fingerprint density at radius 1 is 1.28 bits per heavy atom. The molecule has 25 heavy (non-hydrogen) atoms. The Kier molecular flexibility index (Phi) is 6.78. The van der Waals surface area contributed by atoms with E-state index in [2.05, 4.69) is 21.2 Å². The second kappa shape index (κ2) is 9.28. The molecule has 0 spiro atoms. The maximum atomic E-state index is 12.0. The largest absolute Gasteiger partial charge is 0.493 e. The number of carbonyl (C=O) groups is 1. The van der Waals surface area contributed by atoms with Gasteiger partial charge in [-0.25, -0.2) is 0 Å². The molecule has 130 valence electrons. The number of aryl methyl sites for hydroxylation is 2. The van der Waals surface area contributed by atoms with Crippen molar-refractivity contribution in [2.75, 3.05) is 13.7 Å². The van der Waals surface area contributed by atoms with Gasteiger partial charge in [-0.2, -0.15) is 0 Å². The number of nitrogens with zero attached hydrogens (tertiary/aromatic N) is 2. The van der Waals surface area contributed by atoms with Crippen molar-refractivity contribution in [2.45, 2.75) is 26.3 Å². The third kappa shape index (κ3) is 5.81. The topological polar surface area (TPSA) is 73.3 Å². The Morgan fingerprint density at radius 2 is 2.12 bits per heavy atom. The van der Waals surface area contributed by atoms with Gasteiger partial charge in [0, 0.05) is 12.6 Å². The molecule has 0 radical (unpaired) electrons. The third-order valence-electron chi connectivity index (χ3n) is 3.48. The van der Waals surface area contributed by atoms with Gasteiger partial charge in [0.15, 0.2) is 11.5 Å². The average molecular weight is 339 g/mol. The minimum absolute atomic E-state index is 0.0472. The van der Waals surface area contributed by atoms with E-state index < -0.39 is 0 Å². The SMILES string of the molecule is C#CCOc1ccc(CCC(=O)NCc2cnc(C)cn2)cc1OC. The first-order valence-electron chi connectivity index (χ1n) is 7.89. The predicted octanol–water partition coefficient (Wildman–Crippen LogP) is 2.05. The standard InChI is InChI=1S/C19H21N3O3/c1-4-9-25-17-7-5-15(10-18(17)24-3)6-8-19(23)22-13-16-12-20-14(2)11-21-16/h1,5,7,10-12H,6,8-9,13H2,2-3H3,(H,22,23). The predicted molar refractivity (Wildman–Crippen MR) is 94.3 cm³/mol. The first-order chi connectivity index (χ1) is 12.1. The molecule has 0 unspecified atom stereocenters. The number of methoxy groups -OCH3 is 1. The lowest BCUT2D eigenvalue weighted by Crippen LogP contribution is -2.23. The van der Waals surface area contributed by atoms with E-state index in [1.807, 2.05) is 19.1 Å². The van der Waals surface area contributed by atoms with Crippen LogP contribution in [0.4, 0.5) is 0 Å². The van der Waals surface area contributed by atoms with Crippen LogP contribution in [0.1, 0.15) is 23.4 Å². The highest BCUT2D eigenvalue weighted by Crippen LogP contribution is 2.28. The van der Waals surface area contributed by atoms with E-state index in [1.54, 1.807) is 25.6 Å². The van der Waals surface area contributed by atoms with Gasteiger partial charge in [-0.05, 0) is 31.0 Å². The lowest BCUT2D eigenvalue weighted by atomic mass is 10.1. The molecule has 0 saturated carbocycles. The molecule has 0 aliphatic carbocycles. The summed E-state index contributed by atoms with van der Waals surface area (Å²) in [6.45, 7) is 2.42. The summed E-state index contributed by atoms with van der Waals surface area (Å²) in [6.07, 6.45) is 9.49. The normalized spacial score (nSPS) is 9.96. The van der Waals surface area contributed by atoms with E-state index in [1.165, 1.54) is 0 Å². The van der Waals surface area contributed by atoms with Crippen LogP contribution in [0.2, 0.25) is 0 Å². The zero-order chi connectivity index (χ0) is 18.1. The van der Waals surface area contributed by atoms with Gasteiger partial charge in [0.2, 0.25) is 5.91 Å². The third-order valence-corrected chi connectivity index (χ3v) is 3.48. The fraction of sp³-hybridized carbons (Fsp3) is 0.316. The zero-order valence-electron chi connectivity index (χ0n) is 14.4. The zero-order valence-corrected chi connectivity index (χ0v) is 14.4. The summed E-state index contributed by atoms with van der Waals surface area (Å²) in [7, 11) is 1.57. The highest BCUT2D eigenvalue weighted by atomic mass is 16.5. The van der Waals surface area contributed by atoms with Crippen LogP contribution in [-0.2, 0) is 17.8 Å². The van der Waals surface area contributed by atoms with Crippen LogP contribution in [0, 0.1) is 19.3 Å². The van der Waals surface area contributed by atoms with Crippen molar-refractivity contribution >= 4 is 5.91 Å². The number of amides is 1. The van der Waals surface area contributed by atoms with E-state index in [4.69, 9.17) is 15.9 Å². The Balaban J connectivity index is 1.84. The number of ether oxygens (including phenoxy) is 2. The van der Waals surface area contributed by atoms with Crippen molar-refractivity contribution in [3.63, 3.8) is 0 Å². The number of hydrogen-bond acceptors (Lipinski definition) is 5. The molecular weight excluding hydrogens is 318 g/mol. The highest BCUT2D eigenvalue weighted by Gasteiger charge is 2.08. The summed E-state index contributed by atoms with van der Waals surface area (Å²) in [5.41, 5.74) is 2.56. The van der Waals surface area contributed by atoms with Gasteiger partial charge in [0.25, 0.3) is 0 Å². The Morgan fingerprint density at radius 3 is 2.80 bits per heavy atom. The Labute approximate surface area is 147 Å². The molecule has 0 bridgehead atoms. The van der Waals surface area contributed by atoms with E-state index in [9.17, 15) is 4.79 Å². The smallest absolute Gasteiger partial charge is 0.220 e. The molecule has 6 nitrogen and oxygen atoms in total. The summed E-state index contributed by atoms with van der Waals surface area (Å²) in [4.78, 5) is 20.3. The van der Waals surface area contributed by atoms with Gasteiger partial charge in [-0.1, -0.05) is 12.0 Å². The second-order valence-electron chi connectivity index (χ2n) is 5.40. The summed E-state index contributed by atoms with van der Waals surface area (Å²) in [5.74, 6) is 3.55. The van der Waals surface area contributed by atoms with Crippen molar-refractivity contribution in [1.82, 2.24) is 15.3 Å². The van der Waals surface area contributed by atoms with Gasteiger partial charge < -0.3 is 14.8 Å². The Bertz CT molecular complexity index is 751. The quantitative estimate of drug-likeness (QED) is 0.745. The van der Waals surface area contributed by atoms with Gasteiger partial charge in [0.1, 0.15) is 6.61 Å². The summed E-state index contributed by atoms with van der Waals surface area (Å²) in [5, 5.41) is 2.84. The van der Waals surface area contributed by atoms with Crippen molar-refractivity contribution in [2.24, 2.45) is 0 Å². The molecule has 1 aromatic carbocycles. The van der Waals surface area contributed by atoms with Crippen molar-refractivity contribution in [1.29, 1.82) is 0 Å². The van der Waals surface area contributed by atoms with Gasteiger partial charge in [-0.3, -0.25) is 14.8 Å². The van der Waals surface area contributed by atoms with Crippen molar-refractivity contribution in [3.8, 4) is 23.8 Å². The number of terminal acetylenes is 1. The fourth-order valence-corrected chi connectivity index (χ4v) is 2.15. The molecule has 6 heteroatoms. The fourth-order valence-electron chi connectivity index (χ4n) is 2.15. The van der Waals surface area contributed by atoms with Gasteiger partial charge in [0.05, 0.1) is 31.2 Å². The molecule has 0 aliphatic heterocycles. The summed E-state index contributed by atoms with van der Waals surface area (Å²) < 4.78 is 10.7.